The SMILES string of the molecule is CC(C)(C)c1nc(Cl)cc(-c2ccc(F)c(F)c2)n1. The standard InChI is InChI=1S/C14H13ClF2N2/c1-14(2,3)13-18-11(7-12(15)19-13)8-4-5-9(16)10(17)6-8/h4-7H,1-3H3. The Kier molecular flexibility index (Phi) is 3.54. The second kappa shape index (κ2) is 4.85. The highest BCUT2D eigenvalue weighted by Gasteiger charge is 2.19. The molecule has 0 saturated heterocycles. The average Bonchev–Trinajstić information content (AvgIpc) is 2.31. The first kappa shape index (κ1) is 13.9. The minimum absolute atomic E-state index is 0.277. The summed E-state index contributed by atoms with van der Waals surface area (Å²) in [6.45, 7) is 5.86. The minimum atomic E-state index is -0.912. The van der Waals surface area contributed by atoms with Crippen LogP contribution in [0.15, 0.2) is 24.3 Å². The molecule has 0 aliphatic carbocycles. The number of hydrogen-bond donors (Lipinski definition) is 0. The van der Waals surface area contributed by atoms with Gasteiger partial charge in [-0.25, -0.2) is 18.7 Å². The zero-order chi connectivity index (χ0) is 14.2. The van der Waals surface area contributed by atoms with Crippen molar-refractivity contribution in [1.29, 1.82) is 0 Å². The third-order valence-corrected chi connectivity index (χ3v) is 2.77. The molecule has 0 aliphatic heterocycles. The van der Waals surface area contributed by atoms with Crippen LogP contribution >= 0.6 is 11.6 Å². The van der Waals surface area contributed by atoms with E-state index in [4.69, 9.17) is 11.6 Å². The van der Waals surface area contributed by atoms with Crippen molar-refractivity contribution in [3.63, 3.8) is 0 Å². The van der Waals surface area contributed by atoms with Gasteiger partial charge in [0.1, 0.15) is 11.0 Å². The largest absolute Gasteiger partial charge is 0.232 e. The molecule has 5 heteroatoms. The van der Waals surface area contributed by atoms with Crippen molar-refractivity contribution < 1.29 is 8.78 Å². The molecule has 1 aromatic heterocycles. The van der Waals surface area contributed by atoms with E-state index in [9.17, 15) is 8.78 Å². The van der Waals surface area contributed by atoms with E-state index in [1.54, 1.807) is 0 Å². The lowest BCUT2D eigenvalue weighted by Gasteiger charge is -2.17. The van der Waals surface area contributed by atoms with Crippen molar-refractivity contribution in [1.82, 2.24) is 9.97 Å². The fraction of sp³-hybridized carbons (Fsp3) is 0.286. The maximum atomic E-state index is 13.2. The number of benzene rings is 1. The number of hydrogen-bond acceptors (Lipinski definition) is 2. The second-order valence-electron chi connectivity index (χ2n) is 5.28. The number of halogens is 3. The fourth-order valence-corrected chi connectivity index (χ4v) is 1.74. The molecule has 0 spiro atoms. The molecule has 0 saturated carbocycles. The predicted octanol–water partition coefficient (Wildman–Crippen LogP) is 4.37. The van der Waals surface area contributed by atoms with Crippen LogP contribution in [0.2, 0.25) is 5.15 Å². The molecule has 2 nitrogen and oxygen atoms in total. The zero-order valence-corrected chi connectivity index (χ0v) is 11.6. The normalized spacial score (nSPS) is 11.7. The van der Waals surface area contributed by atoms with Crippen molar-refractivity contribution in [2.24, 2.45) is 0 Å². The Morgan fingerprint density at radius 3 is 2.26 bits per heavy atom. The van der Waals surface area contributed by atoms with Crippen LogP contribution in [0, 0.1) is 11.6 Å². The number of rotatable bonds is 1. The van der Waals surface area contributed by atoms with Gasteiger partial charge in [-0.2, -0.15) is 0 Å². The van der Waals surface area contributed by atoms with E-state index >= 15 is 0 Å². The summed E-state index contributed by atoms with van der Waals surface area (Å²) in [7, 11) is 0. The van der Waals surface area contributed by atoms with E-state index in [1.165, 1.54) is 12.1 Å². The summed E-state index contributed by atoms with van der Waals surface area (Å²) in [5, 5.41) is 0.277. The number of nitrogens with zero attached hydrogens (tertiary/aromatic N) is 2. The smallest absolute Gasteiger partial charge is 0.159 e. The molecule has 1 heterocycles. The van der Waals surface area contributed by atoms with Crippen LogP contribution in [0.3, 0.4) is 0 Å². The van der Waals surface area contributed by atoms with Crippen LogP contribution in [0.25, 0.3) is 11.3 Å². The molecule has 2 aromatic rings. The Morgan fingerprint density at radius 1 is 1.00 bits per heavy atom. The molecule has 0 unspecified atom stereocenters. The first-order valence-electron chi connectivity index (χ1n) is 5.78. The highest BCUT2D eigenvalue weighted by molar-refractivity contribution is 6.29. The van der Waals surface area contributed by atoms with Gasteiger partial charge in [0.05, 0.1) is 5.69 Å². The Hall–Kier alpha value is -1.55. The molecule has 0 bridgehead atoms. The van der Waals surface area contributed by atoms with Gasteiger partial charge in [-0.1, -0.05) is 32.4 Å². The van der Waals surface area contributed by atoms with Gasteiger partial charge in [0, 0.05) is 17.0 Å². The van der Waals surface area contributed by atoms with Crippen LogP contribution < -0.4 is 0 Å². The van der Waals surface area contributed by atoms with Gasteiger partial charge in [-0.3, -0.25) is 0 Å². The Morgan fingerprint density at radius 2 is 1.68 bits per heavy atom. The molecule has 100 valence electrons. The molecule has 0 amide bonds. The molecule has 0 N–H and O–H groups in total. The van der Waals surface area contributed by atoms with Crippen LogP contribution in [0.4, 0.5) is 8.78 Å². The van der Waals surface area contributed by atoms with Crippen molar-refractivity contribution in [3.05, 3.63) is 46.9 Å². The number of aromatic nitrogens is 2. The van der Waals surface area contributed by atoms with Crippen molar-refractivity contribution in [3.8, 4) is 11.3 Å². The first-order valence-corrected chi connectivity index (χ1v) is 6.15. The van der Waals surface area contributed by atoms with E-state index in [0.717, 1.165) is 12.1 Å². The van der Waals surface area contributed by atoms with Gasteiger partial charge >= 0.3 is 0 Å². The van der Waals surface area contributed by atoms with Crippen molar-refractivity contribution in [2.75, 3.05) is 0 Å². The predicted molar refractivity (Wildman–Crippen MR) is 71.1 cm³/mol. The van der Waals surface area contributed by atoms with Gasteiger partial charge < -0.3 is 0 Å². The Bertz CT molecular complexity index is 621. The summed E-state index contributed by atoms with van der Waals surface area (Å²) in [4.78, 5) is 8.52. The Labute approximate surface area is 115 Å². The summed E-state index contributed by atoms with van der Waals surface area (Å²) in [5.74, 6) is -1.25. The zero-order valence-electron chi connectivity index (χ0n) is 10.8. The second-order valence-corrected chi connectivity index (χ2v) is 5.67. The minimum Gasteiger partial charge on any atom is -0.232 e. The molecular formula is C14H13ClF2N2. The lowest BCUT2D eigenvalue weighted by atomic mass is 9.95. The highest BCUT2D eigenvalue weighted by atomic mass is 35.5. The monoisotopic (exact) mass is 282 g/mol. The summed E-state index contributed by atoms with van der Waals surface area (Å²) in [5.41, 5.74) is 0.663. The molecule has 19 heavy (non-hydrogen) atoms. The van der Waals surface area contributed by atoms with Gasteiger partial charge in [0.2, 0.25) is 0 Å². The lowest BCUT2D eigenvalue weighted by Crippen LogP contribution is -2.16. The van der Waals surface area contributed by atoms with Gasteiger partial charge in [-0.15, -0.1) is 0 Å². The van der Waals surface area contributed by atoms with Crippen LogP contribution in [0.5, 0.6) is 0 Å². The Balaban J connectivity index is 2.56. The molecule has 1 aromatic carbocycles. The molecule has 0 radical (unpaired) electrons. The maximum absolute atomic E-state index is 13.2. The van der Waals surface area contributed by atoms with E-state index < -0.39 is 11.6 Å². The van der Waals surface area contributed by atoms with Crippen LogP contribution in [0.1, 0.15) is 26.6 Å². The fourth-order valence-electron chi connectivity index (χ4n) is 1.56. The molecular weight excluding hydrogens is 270 g/mol. The van der Waals surface area contributed by atoms with Gasteiger partial charge in [0.25, 0.3) is 0 Å². The molecule has 0 atom stereocenters. The maximum Gasteiger partial charge on any atom is 0.159 e. The first-order chi connectivity index (χ1) is 8.77. The van der Waals surface area contributed by atoms with E-state index in [0.29, 0.717) is 17.1 Å². The highest BCUT2D eigenvalue weighted by Crippen LogP contribution is 2.26. The van der Waals surface area contributed by atoms with E-state index in [2.05, 4.69) is 9.97 Å². The summed E-state index contributed by atoms with van der Waals surface area (Å²) in [6.07, 6.45) is 0. The topological polar surface area (TPSA) is 25.8 Å². The quantitative estimate of drug-likeness (QED) is 0.726. The summed E-state index contributed by atoms with van der Waals surface area (Å²) >= 11 is 5.96. The average molecular weight is 283 g/mol. The van der Waals surface area contributed by atoms with Crippen LogP contribution in [-0.4, -0.2) is 9.97 Å². The van der Waals surface area contributed by atoms with E-state index in [-0.39, 0.29) is 10.6 Å². The molecule has 0 fully saturated rings. The van der Waals surface area contributed by atoms with Gasteiger partial charge in [-0.05, 0) is 18.2 Å². The van der Waals surface area contributed by atoms with Gasteiger partial charge in [0.15, 0.2) is 11.6 Å². The third-order valence-electron chi connectivity index (χ3n) is 2.58. The molecule has 0 aliphatic rings. The summed E-state index contributed by atoms with van der Waals surface area (Å²) < 4.78 is 26.2. The summed E-state index contributed by atoms with van der Waals surface area (Å²) in [6, 6.07) is 5.16. The van der Waals surface area contributed by atoms with E-state index in [1.807, 2.05) is 20.8 Å². The third kappa shape index (κ3) is 3.07. The molecule has 2 rings (SSSR count). The lowest BCUT2D eigenvalue weighted by molar-refractivity contribution is 0.509. The van der Waals surface area contributed by atoms with Crippen LogP contribution in [-0.2, 0) is 5.41 Å². The van der Waals surface area contributed by atoms with Crippen molar-refractivity contribution in [2.45, 2.75) is 26.2 Å². The van der Waals surface area contributed by atoms with Crippen molar-refractivity contribution >= 4 is 11.6 Å².